The van der Waals surface area contributed by atoms with Gasteiger partial charge in [-0.15, -0.1) is 0 Å². The molecule has 17 heavy (non-hydrogen) atoms. The van der Waals surface area contributed by atoms with Gasteiger partial charge >= 0.3 is 0 Å². The number of aliphatic hydroxyl groups is 1. The van der Waals surface area contributed by atoms with Crippen LogP contribution in [0.3, 0.4) is 0 Å². The molecule has 0 unspecified atom stereocenters. The third-order valence-corrected chi connectivity index (χ3v) is 2.57. The van der Waals surface area contributed by atoms with E-state index in [0.717, 1.165) is 0 Å². The van der Waals surface area contributed by atoms with Crippen LogP contribution in [0.2, 0.25) is 0 Å². The first-order valence-corrected chi connectivity index (χ1v) is 5.10. The highest BCUT2D eigenvalue weighted by atomic mass is 16.5. The van der Waals surface area contributed by atoms with Gasteiger partial charge in [0.15, 0.2) is 11.5 Å². The molecule has 0 aromatic carbocycles. The highest BCUT2D eigenvalue weighted by molar-refractivity contribution is 5.81. The van der Waals surface area contributed by atoms with Gasteiger partial charge in [-0.25, -0.2) is 15.0 Å². The quantitative estimate of drug-likeness (QED) is 0.772. The molecule has 0 saturated carbocycles. The van der Waals surface area contributed by atoms with Crippen LogP contribution in [0.5, 0.6) is 0 Å². The van der Waals surface area contributed by atoms with Crippen LogP contribution < -0.4 is 5.73 Å². The Morgan fingerprint density at radius 2 is 2.47 bits per heavy atom. The molecule has 3 heterocycles. The molecule has 1 saturated heterocycles. The molecular formula is C10H13N5O2. The van der Waals surface area contributed by atoms with Crippen molar-refractivity contribution in [3.8, 4) is 0 Å². The van der Waals surface area contributed by atoms with Gasteiger partial charge in [-0.3, -0.25) is 4.57 Å². The number of fused-ring (bicyclic) bond motifs is 1. The maximum Gasteiger partial charge on any atom is 0.167 e. The van der Waals surface area contributed by atoms with Gasteiger partial charge in [0.25, 0.3) is 0 Å². The van der Waals surface area contributed by atoms with E-state index in [9.17, 15) is 0 Å². The fourth-order valence-electron chi connectivity index (χ4n) is 1.73. The SMILES string of the molecule is [3H]c1nc2c(N)ncnc2n1[C@@H]1O[C@H](CO)[C@@H]([3H])[C@H]1[3H]. The molecule has 2 aromatic rings. The number of aliphatic hydroxyl groups excluding tert-OH is 1. The largest absolute Gasteiger partial charge is 0.394 e. The zero-order chi connectivity index (χ0) is 14.4. The normalized spacial score (nSPS) is 35.7. The minimum absolute atomic E-state index is 0.142. The summed E-state index contributed by atoms with van der Waals surface area (Å²) in [4.78, 5) is 11.8. The predicted octanol–water partition coefficient (Wildman–Crippen LogP) is 0.0784. The third kappa shape index (κ3) is 1.63. The predicted molar refractivity (Wildman–Crippen MR) is 60.0 cm³/mol. The number of imidazole rings is 1. The van der Waals surface area contributed by atoms with Crippen molar-refractivity contribution in [3.05, 3.63) is 12.6 Å². The monoisotopic (exact) mass is 241 g/mol. The lowest BCUT2D eigenvalue weighted by molar-refractivity contribution is -0.0207. The molecule has 7 heteroatoms. The van der Waals surface area contributed by atoms with Crippen molar-refractivity contribution >= 4 is 17.0 Å². The van der Waals surface area contributed by atoms with Crippen LogP contribution in [0.1, 0.15) is 23.1 Å². The van der Waals surface area contributed by atoms with Gasteiger partial charge in [0.1, 0.15) is 19.4 Å². The Morgan fingerprint density at radius 1 is 1.59 bits per heavy atom. The Labute approximate surface area is 101 Å². The fourth-order valence-corrected chi connectivity index (χ4v) is 1.73. The standard InChI is InChI=1S/C10H13N5O2/c11-9-8-10(13-4-12-9)15(5-14-8)7-2-1-6(3-16)17-7/h4-7,16H,1-3H2,(H2,11,12,13)/t6-,7+/m0/s1/i1T,2T,5T/t1-,2+,6-,7+. The molecule has 1 aliphatic rings. The summed E-state index contributed by atoms with van der Waals surface area (Å²) in [5.41, 5.74) is 6.23. The van der Waals surface area contributed by atoms with Crippen molar-refractivity contribution in [2.75, 3.05) is 12.3 Å². The number of hydrogen-bond acceptors (Lipinski definition) is 6. The van der Waals surface area contributed by atoms with Crippen molar-refractivity contribution in [2.45, 2.75) is 25.1 Å². The van der Waals surface area contributed by atoms with Crippen LogP contribution in [-0.4, -0.2) is 37.3 Å². The van der Waals surface area contributed by atoms with Crippen molar-refractivity contribution in [1.29, 1.82) is 0 Å². The van der Waals surface area contributed by atoms with Gasteiger partial charge in [-0.2, -0.15) is 0 Å². The van der Waals surface area contributed by atoms with Gasteiger partial charge in [-0.05, 0) is 12.8 Å². The Morgan fingerprint density at radius 3 is 3.24 bits per heavy atom. The molecule has 0 amide bonds. The summed E-state index contributed by atoms with van der Waals surface area (Å²) in [6, 6.07) is 0. The Bertz CT molecular complexity index is 651. The number of aromatic nitrogens is 4. The minimum Gasteiger partial charge on any atom is -0.394 e. The van der Waals surface area contributed by atoms with Gasteiger partial charge in [0.2, 0.25) is 0 Å². The number of rotatable bonds is 2. The third-order valence-electron chi connectivity index (χ3n) is 2.57. The average molecular weight is 241 g/mol. The number of nitrogens with zero attached hydrogens (tertiary/aromatic N) is 4. The van der Waals surface area contributed by atoms with Crippen molar-refractivity contribution in [1.82, 2.24) is 19.5 Å². The van der Waals surface area contributed by atoms with Gasteiger partial charge in [0.05, 0.1) is 19.0 Å². The zero-order valence-corrected chi connectivity index (χ0v) is 8.82. The van der Waals surface area contributed by atoms with E-state index in [4.69, 9.17) is 19.7 Å². The van der Waals surface area contributed by atoms with E-state index < -0.39 is 25.1 Å². The van der Waals surface area contributed by atoms with E-state index >= 15 is 0 Å². The van der Waals surface area contributed by atoms with Crippen LogP contribution in [0, 0.1) is 0 Å². The molecule has 90 valence electrons. The summed E-state index contributed by atoms with van der Waals surface area (Å²) in [7, 11) is 0. The van der Waals surface area contributed by atoms with Gasteiger partial charge in [-0.1, -0.05) is 0 Å². The lowest BCUT2D eigenvalue weighted by atomic mass is 10.2. The molecule has 0 radical (unpaired) electrons. The molecule has 0 bridgehead atoms. The summed E-state index contributed by atoms with van der Waals surface area (Å²) in [6.45, 7) is -0.350. The molecule has 1 aliphatic heterocycles. The first kappa shape index (κ1) is 7.57. The van der Waals surface area contributed by atoms with Crippen LogP contribution in [0.15, 0.2) is 12.6 Å². The molecule has 0 spiro atoms. The van der Waals surface area contributed by atoms with Crippen molar-refractivity contribution < 1.29 is 14.0 Å². The van der Waals surface area contributed by atoms with Gasteiger partial charge < -0.3 is 15.6 Å². The maximum atomic E-state index is 9.15. The second-order valence-electron chi connectivity index (χ2n) is 3.65. The van der Waals surface area contributed by atoms with Crippen LogP contribution in [0.25, 0.3) is 11.2 Å². The fraction of sp³-hybridized carbons (Fsp3) is 0.500. The number of ether oxygens (including phenoxy) is 1. The van der Waals surface area contributed by atoms with Crippen LogP contribution in [-0.2, 0) is 4.74 Å². The highest BCUT2D eigenvalue weighted by Gasteiger charge is 2.27. The van der Waals surface area contributed by atoms with Crippen LogP contribution in [0.4, 0.5) is 5.82 Å². The van der Waals surface area contributed by atoms with Gasteiger partial charge in [0, 0.05) is 2.74 Å². The molecular weight excluding hydrogens is 222 g/mol. The van der Waals surface area contributed by atoms with Crippen molar-refractivity contribution in [3.63, 3.8) is 0 Å². The Balaban J connectivity index is 2.11. The first-order valence-electron chi connectivity index (χ1n) is 6.76. The number of nitrogens with two attached hydrogens (primary N) is 1. The maximum absolute atomic E-state index is 9.15. The summed E-state index contributed by atoms with van der Waals surface area (Å²) in [5.74, 6) is 0.142. The van der Waals surface area contributed by atoms with Crippen LogP contribution >= 0.6 is 0 Å². The smallest absolute Gasteiger partial charge is 0.167 e. The minimum atomic E-state index is -0.954. The van der Waals surface area contributed by atoms with E-state index in [1.54, 1.807) is 0 Å². The average Bonchev–Trinajstić information content (AvgIpc) is 2.90. The van der Waals surface area contributed by atoms with E-state index in [1.165, 1.54) is 10.9 Å². The van der Waals surface area contributed by atoms with E-state index in [-0.39, 0.29) is 29.9 Å². The molecule has 4 atom stereocenters. The summed E-state index contributed by atoms with van der Waals surface area (Å²) in [6.07, 6.45) is -2.45. The second-order valence-corrected chi connectivity index (χ2v) is 3.65. The van der Waals surface area contributed by atoms with E-state index in [2.05, 4.69) is 15.0 Å². The highest BCUT2D eigenvalue weighted by Crippen LogP contribution is 2.30. The molecule has 0 aliphatic carbocycles. The summed E-state index contributed by atoms with van der Waals surface area (Å²) >= 11 is 0. The lowest BCUT2D eigenvalue weighted by Crippen LogP contribution is -2.14. The summed E-state index contributed by atoms with van der Waals surface area (Å²) in [5, 5.41) is 9.15. The number of anilines is 1. The topological polar surface area (TPSA) is 99.1 Å². The Hall–Kier alpha value is -1.73. The molecule has 1 fully saturated rings. The molecule has 3 N–H and O–H groups in total. The van der Waals surface area contributed by atoms with E-state index in [1.807, 2.05) is 0 Å². The first-order chi connectivity index (χ1) is 9.54. The zero-order valence-electron chi connectivity index (χ0n) is 11.8. The lowest BCUT2D eigenvalue weighted by Gasteiger charge is -2.13. The van der Waals surface area contributed by atoms with Crippen molar-refractivity contribution in [2.24, 2.45) is 0 Å². The number of nitrogen functional groups attached to an aromatic ring is 1. The summed E-state index contributed by atoms with van der Waals surface area (Å²) < 4.78 is 30.5. The number of hydrogen-bond donors (Lipinski definition) is 2. The van der Waals surface area contributed by atoms with E-state index in [0.29, 0.717) is 0 Å². The molecule has 2 aromatic heterocycles. The molecule has 7 nitrogen and oxygen atoms in total. The second kappa shape index (κ2) is 3.94. The molecule has 3 rings (SSSR count). The Kier molecular flexibility index (Phi) is 1.75.